The highest BCUT2D eigenvalue weighted by Gasteiger charge is 2.60. The normalized spacial score (nSPS) is 50.2. The predicted octanol–water partition coefficient (Wildman–Crippen LogP) is 2.83. The molecule has 6 atom stereocenters. The van der Waals surface area contributed by atoms with Crippen LogP contribution in [0.1, 0.15) is 46.0 Å². The summed E-state index contributed by atoms with van der Waals surface area (Å²) in [6.45, 7) is 4.33. The van der Waals surface area contributed by atoms with Crippen molar-refractivity contribution in [2.75, 3.05) is 0 Å². The molecule has 0 spiro atoms. The molecular formula is C19H24O3. The first kappa shape index (κ1) is 14.4. The zero-order valence-corrected chi connectivity index (χ0v) is 13.3. The Balaban J connectivity index is 1.77. The zero-order chi connectivity index (χ0) is 15.7. The van der Waals surface area contributed by atoms with Crippen LogP contribution in [-0.4, -0.2) is 22.8 Å². The van der Waals surface area contributed by atoms with Crippen LogP contribution in [0.15, 0.2) is 23.8 Å². The number of carbonyl (C=O) groups is 2. The second-order valence-electron chi connectivity index (χ2n) is 8.17. The molecule has 0 aromatic heterocycles. The van der Waals surface area contributed by atoms with Crippen LogP contribution in [0.2, 0.25) is 0 Å². The predicted molar refractivity (Wildman–Crippen MR) is 83.0 cm³/mol. The molecule has 0 amide bonds. The van der Waals surface area contributed by atoms with Crippen LogP contribution >= 0.6 is 0 Å². The van der Waals surface area contributed by atoms with Crippen LogP contribution in [0, 0.1) is 28.6 Å². The molecule has 4 aliphatic rings. The first-order valence-electron chi connectivity index (χ1n) is 8.52. The van der Waals surface area contributed by atoms with Crippen LogP contribution in [-0.2, 0) is 9.59 Å². The second-order valence-corrected chi connectivity index (χ2v) is 8.17. The molecule has 0 aromatic rings. The van der Waals surface area contributed by atoms with Gasteiger partial charge in [-0.3, -0.25) is 9.59 Å². The van der Waals surface area contributed by atoms with Crippen LogP contribution in [0.5, 0.6) is 0 Å². The molecule has 118 valence electrons. The van der Waals surface area contributed by atoms with E-state index in [9.17, 15) is 14.7 Å². The van der Waals surface area contributed by atoms with Gasteiger partial charge in [0.25, 0.3) is 0 Å². The fourth-order valence-corrected chi connectivity index (χ4v) is 5.94. The van der Waals surface area contributed by atoms with Gasteiger partial charge in [0.05, 0.1) is 6.10 Å². The van der Waals surface area contributed by atoms with Gasteiger partial charge in [0.1, 0.15) is 5.78 Å². The van der Waals surface area contributed by atoms with Gasteiger partial charge in [0.15, 0.2) is 5.78 Å². The average Bonchev–Trinajstić information content (AvgIpc) is 2.77. The molecule has 3 heteroatoms. The lowest BCUT2D eigenvalue weighted by Gasteiger charge is -2.57. The summed E-state index contributed by atoms with van der Waals surface area (Å²) in [7, 11) is 0. The molecule has 0 aliphatic heterocycles. The Morgan fingerprint density at radius 2 is 1.95 bits per heavy atom. The molecule has 0 bridgehead atoms. The maximum absolute atomic E-state index is 12.4. The van der Waals surface area contributed by atoms with Gasteiger partial charge in [0, 0.05) is 17.3 Å². The molecule has 0 saturated heterocycles. The Bertz CT molecular complexity index is 616. The SMILES string of the molecule is C[C@]12C=CC(=O)C=C1C[C@H](O)C1C2CC[C@]2(C)C(=O)CCC12. The van der Waals surface area contributed by atoms with Crippen molar-refractivity contribution in [1.82, 2.24) is 0 Å². The number of rotatable bonds is 0. The van der Waals surface area contributed by atoms with Gasteiger partial charge in [-0.1, -0.05) is 25.5 Å². The minimum Gasteiger partial charge on any atom is -0.392 e. The van der Waals surface area contributed by atoms with E-state index in [1.54, 1.807) is 12.2 Å². The largest absolute Gasteiger partial charge is 0.392 e. The highest BCUT2D eigenvalue weighted by atomic mass is 16.3. The number of fused-ring (bicyclic) bond motifs is 5. The fraction of sp³-hybridized carbons (Fsp3) is 0.684. The molecule has 0 heterocycles. The van der Waals surface area contributed by atoms with Gasteiger partial charge >= 0.3 is 0 Å². The van der Waals surface area contributed by atoms with E-state index in [1.807, 2.05) is 0 Å². The van der Waals surface area contributed by atoms with E-state index in [1.165, 1.54) is 0 Å². The second kappa shape index (κ2) is 4.41. The molecule has 3 unspecified atom stereocenters. The van der Waals surface area contributed by atoms with E-state index in [2.05, 4.69) is 19.9 Å². The lowest BCUT2D eigenvalue weighted by atomic mass is 9.48. The van der Waals surface area contributed by atoms with Crippen LogP contribution in [0.25, 0.3) is 0 Å². The zero-order valence-electron chi connectivity index (χ0n) is 13.3. The Morgan fingerprint density at radius 3 is 2.73 bits per heavy atom. The summed E-state index contributed by atoms with van der Waals surface area (Å²) in [4.78, 5) is 24.1. The number of hydrogen-bond acceptors (Lipinski definition) is 3. The molecule has 4 aliphatic carbocycles. The van der Waals surface area contributed by atoms with Crippen molar-refractivity contribution in [3.05, 3.63) is 23.8 Å². The van der Waals surface area contributed by atoms with Crippen molar-refractivity contribution in [2.45, 2.75) is 52.1 Å². The first-order chi connectivity index (χ1) is 10.4. The summed E-state index contributed by atoms with van der Waals surface area (Å²) in [5, 5.41) is 10.8. The molecule has 1 N–H and O–H groups in total. The Labute approximate surface area is 131 Å². The lowest BCUT2D eigenvalue weighted by Crippen LogP contribution is -2.54. The summed E-state index contributed by atoms with van der Waals surface area (Å²) in [6.07, 6.45) is 9.12. The van der Waals surface area contributed by atoms with Crippen LogP contribution < -0.4 is 0 Å². The number of hydrogen-bond donors (Lipinski definition) is 1. The third kappa shape index (κ3) is 1.66. The van der Waals surface area contributed by atoms with E-state index in [4.69, 9.17) is 0 Å². The number of aliphatic hydroxyl groups excluding tert-OH is 1. The summed E-state index contributed by atoms with van der Waals surface area (Å²) in [5.74, 6) is 1.26. The minimum absolute atomic E-state index is 0.0369. The number of carbonyl (C=O) groups excluding carboxylic acids is 2. The number of allylic oxidation sites excluding steroid dienone is 3. The van der Waals surface area contributed by atoms with Gasteiger partial charge < -0.3 is 5.11 Å². The van der Waals surface area contributed by atoms with Crippen molar-refractivity contribution < 1.29 is 14.7 Å². The molecule has 0 radical (unpaired) electrons. The van der Waals surface area contributed by atoms with E-state index in [-0.39, 0.29) is 22.5 Å². The van der Waals surface area contributed by atoms with Crippen molar-refractivity contribution >= 4 is 11.6 Å². The molecule has 3 fully saturated rings. The molecular weight excluding hydrogens is 276 g/mol. The topological polar surface area (TPSA) is 54.4 Å². The number of ketones is 2. The molecule has 3 saturated carbocycles. The summed E-state index contributed by atoms with van der Waals surface area (Å²) in [6, 6.07) is 0. The summed E-state index contributed by atoms with van der Waals surface area (Å²) in [5.41, 5.74) is 0.736. The number of Topliss-reactive ketones (excluding diaryl/α,β-unsaturated/α-hetero) is 1. The molecule has 3 nitrogen and oxygen atoms in total. The molecule has 22 heavy (non-hydrogen) atoms. The highest BCUT2D eigenvalue weighted by Crippen LogP contribution is 2.63. The Morgan fingerprint density at radius 1 is 1.18 bits per heavy atom. The molecule has 0 aromatic carbocycles. The third-order valence-electron chi connectivity index (χ3n) is 7.29. The maximum atomic E-state index is 12.4. The Kier molecular flexibility index (Phi) is 2.88. The number of aliphatic hydroxyl groups is 1. The Hall–Kier alpha value is -1.22. The first-order valence-corrected chi connectivity index (χ1v) is 8.52. The van der Waals surface area contributed by atoms with E-state index in [0.29, 0.717) is 30.5 Å². The smallest absolute Gasteiger partial charge is 0.178 e. The van der Waals surface area contributed by atoms with Gasteiger partial charge in [0.2, 0.25) is 0 Å². The van der Waals surface area contributed by atoms with Crippen LogP contribution in [0.3, 0.4) is 0 Å². The standard InChI is InChI=1S/C19H24O3/c1-18-7-5-12(20)9-11(18)10-15(21)17-13-3-4-16(22)19(13,2)8-6-14(17)18/h5,7,9,13-15,17,21H,3-4,6,8,10H2,1-2H3/t13?,14?,15-,17?,18-,19-/m0/s1. The van der Waals surface area contributed by atoms with Crippen molar-refractivity contribution in [2.24, 2.45) is 28.6 Å². The monoisotopic (exact) mass is 300 g/mol. The lowest BCUT2D eigenvalue weighted by molar-refractivity contribution is -0.136. The highest BCUT2D eigenvalue weighted by molar-refractivity contribution is 6.01. The van der Waals surface area contributed by atoms with Crippen molar-refractivity contribution in [1.29, 1.82) is 0 Å². The van der Waals surface area contributed by atoms with E-state index >= 15 is 0 Å². The van der Waals surface area contributed by atoms with Gasteiger partial charge in [-0.05, 0) is 55.6 Å². The van der Waals surface area contributed by atoms with E-state index < -0.39 is 6.10 Å². The molecule has 4 rings (SSSR count). The summed E-state index contributed by atoms with van der Waals surface area (Å²) < 4.78 is 0. The van der Waals surface area contributed by atoms with E-state index in [0.717, 1.165) is 24.8 Å². The van der Waals surface area contributed by atoms with Crippen LogP contribution in [0.4, 0.5) is 0 Å². The summed E-state index contributed by atoms with van der Waals surface area (Å²) >= 11 is 0. The average molecular weight is 300 g/mol. The third-order valence-corrected chi connectivity index (χ3v) is 7.29. The maximum Gasteiger partial charge on any atom is 0.178 e. The van der Waals surface area contributed by atoms with Gasteiger partial charge in [-0.15, -0.1) is 0 Å². The van der Waals surface area contributed by atoms with Crippen molar-refractivity contribution in [3.8, 4) is 0 Å². The fourth-order valence-electron chi connectivity index (χ4n) is 5.94. The minimum atomic E-state index is -0.417. The van der Waals surface area contributed by atoms with Crippen molar-refractivity contribution in [3.63, 3.8) is 0 Å². The quantitative estimate of drug-likeness (QED) is 0.748. The van der Waals surface area contributed by atoms with Gasteiger partial charge in [-0.2, -0.15) is 0 Å². The van der Waals surface area contributed by atoms with Gasteiger partial charge in [-0.25, -0.2) is 0 Å².